The highest BCUT2D eigenvalue weighted by Crippen LogP contribution is 2.22. The average molecular weight is 550 g/mol. The van der Waals surface area contributed by atoms with E-state index >= 15 is 0 Å². The Morgan fingerprint density at radius 1 is 1.21 bits per heavy atom. The summed E-state index contributed by atoms with van der Waals surface area (Å²) >= 11 is 0. The normalized spacial score (nSPS) is 13.6. The van der Waals surface area contributed by atoms with Gasteiger partial charge in [-0.25, -0.2) is 4.79 Å². The highest BCUT2D eigenvalue weighted by atomic mass is 16.4. The molecule has 0 spiro atoms. The number of nitrogens with one attached hydrogen (secondary N) is 1. The zero-order valence-electron chi connectivity index (χ0n) is 27.3. The van der Waals surface area contributed by atoms with Gasteiger partial charge in [-0.3, -0.25) is 9.59 Å². The number of rotatable bonds is 8. The fraction of sp³-hybridized carbons (Fsp3) is 0.656. The van der Waals surface area contributed by atoms with E-state index in [1.807, 2.05) is 41.5 Å². The molecule has 7 heteroatoms. The molecule has 7 nitrogen and oxygen atoms in total. The molecule has 0 aromatic carbocycles. The minimum Gasteiger partial charge on any atom is -0.478 e. The van der Waals surface area contributed by atoms with E-state index in [0.717, 1.165) is 12.8 Å². The van der Waals surface area contributed by atoms with Crippen LogP contribution in [0.15, 0.2) is 47.9 Å². The highest BCUT2D eigenvalue weighted by Gasteiger charge is 2.34. The van der Waals surface area contributed by atoms with Crippen LogP contribution < -0.4 is 5.32 Å². The van der Waals surface area contributed by atoms with Crippen LogP contribution in [0.4, 0.5) is 0 Å². The average Bonchev–Trinajstić information content (AvgIpc) is 2.80. The van der Waals surface area contributed by atoms with E-state index in [9.17, 15) is 14.4 Å². The predicted octanol–water partition coefficient (Wildman–Crippen LogP) is 7.18. The number of likely N-dealkylation sites (N-methyl/N-ethyl adjacent to an activating group) is 1. The van der Waals surface area contributed by atoms with Crippen molar-refractivity contribution in [2.45, 2.75) is 108 Å². The van der Waals surface area contributed by atoms with Crippen molar-refractivity contribution in [2.75, 3.05) is 20.6 Å². The monoisotopic (exact) mass is 549 g/mol. The number of carbonyl (C=O) groups excluding carboxylic acids is 2. The Kier molecular flexibility index (Phi) is 23.0. The fourth-order valence-electron chi connectivity index (χ4n) is 3.36. The Hall–Kier alpha value is -2.83. The van der Waals surface area contributed by atoms with E-state index in [1.54, 1.807) is 13.1 Å². The van der Waals surface area contributed by atoms with Crippen molar-refractivity contribution < 1.29 is 19.5 Å². The lowest BCUT2D eigenvalue weighted by molar-refractivity contribution is -0.138. The summed E-state index contributed by atoms with van der Waals surface area (Å²) in [5, 5.41) is 11.7. The molecule has 1 aliphatic rings. The van der Waals surface area contributed by atoms with Crippen molar-refractivity contribution >= 4 is 17.8 Å². The van der Waals surface area contributed by atoms with Gasteiger partial charge >= 0.3 is 5.97 Å². The summed E-state index contributed by atoms with van der Waals surface area (Å²) in [6.45, 7) is 25.1. The first-order valence-corrected chi connectivity index (χ1v) is 14.0. The lowest BCUT2D eigenvalue weighted by atomic mass is 9.85. The van der Waals surface area contributed by atoms with Crippen molar-refractivity contribution in [3.63, 3.8) is 0 Å². The Bertz CT molecular complexity index is 833. The number of hydrogen-bond donors (Lipinski definition) is 2. The largest absolute Gasteiger partial charge is 0.478 e. The molecular weight excluding hydrogens is 490 g/mol. The number of allylic oxidation sites excluding steroid dienone is 4. The Labute approximate surface area is 240 Å². The fourth-order valence-corrected chi connectivity index (χ4v) is 3.36. The molecule has 0 aromatic heterocycles. The molecule has 0 aliphatic carbocycles. The van der Waals surface area contributed by atoms with Crippen LogP contribution in [0.1, 0.15) is 102 Å². The SMILES string of the molecule is C/C(=C\CN(C)C(=O)C(NC(=O)CC(C)C)C(C)(C)C)C(=O)O.C=CC.CCC.CCC1=C(C)CC=CN1C. The zero-order chi connectivity index (χ0) is 31.3. The molecule has 2 amide bonds. The number of carbonyl (C=O) groups is 3. The molecule has 0 aromatic rings. The molecule has 2 N–H and O–H groups in total. The number of carboxylic acids is 1. The summed E-state index contributed by atoms with van der Waals surface area (Å²) in [7, 11) is 3.71. The summed E-state index contributed by atoms with van der Waals surface area (Å²) in [4.78, 5) is 39.1. The van der Waals surface area contributed by atoms with Gasteiger partial charge in [-0.15, -0.1) is 6.58 Å². The van der Waals surface area contributed by atoms with Crippen LogP contribution in [-0.4, -0.2) is 59.4 Å². The van der Waals surface area contributed by atoms with Crippen LogP contribution in [0.2, 0.25) is 0 Å². The zero-order valence-corrected chi connectivity index (χ0v) is 27.3. The molecule has 1 aliphatic heterocycles. The van der Waals surface area contributed by atoms with E-state index in [4.69, 9.17) is 5.11 Å². The second-order valence-electron chi connectivity index (χ2n) is 11.3. The topological polar surface area (TPSA) is 90.0 Å². The van der Waals surface area contributed by atoms with E-state index in [1.165, 1.54) is 35.6 Å². The van der Waals surface area contributed by atoms with Crippen molar-refractivity contribution in [1.82, 2.24) is 15.1 Å². The lowest BCUT2D eigenvalue weighted by Gasteiger charge is -2.33. The van der Waals surface area contributed by atoms with E-state index < -0.39 is 17.4 Å². The third-order valence-corrected chi connectivity index (χ3v) is 5.40. The molecule has 0 bridgehead atoms. The third-order valence-electron chi connectivity index (χ3n) is 5.40. The van der Waals surface area contributed by atoms with Gasteiger partial charge in [0.25, 0.3) is 0 Å². The number of hydrogen-bond acceptors (Lipinski definition) is 4. The molecule has 0 saturated heterocycles. The molecule has 1 rings (SSSR count). The number of carboxylic acid groups (broad SMARTS) is 1. The minimum absolute atomic E-state index is 0.154. The Morgan fingerprint density at radius 2 is 1.69 bits per heavy atom. The maximum atomic E-state index is 12.6. The van der Waals surface area contributed by atoms with Crippen LogP contribution in [0.3, 0.4) is 0 Å². The van der Waals surface area contributed by atoms with Crippen LogP contribution in [0.5, 0.6) is 0 Å². The van der Waals surface area contributed by atoms with Gasteiger partial charge in [-0.05, 0) is 51.1 Å². The van der Waals surface area contributed by atoms with Crippen LogP contribution in [0.25, 0.3) is 0 Å². The van der Waals surface area contributed by atoms with Crippen molar-refractivity contribution in [2.24, 2.45) is 11.3 Å². The summed E-state index contributed by atoms with van der Waals surface area (Å²) in [5.74, 6) is -1.18. The molecule has 0 saturated carbocycles. The van der Waals surface area contributed by atoms with E-state index in [-0.39, 0.29) is 29.9 Å². The van der Waals surface area contributed by atoms with Gasteiger partial charge in [-0.2, -0.15) is 0 Å². The lowest BCUT2D eigenvalue weighted by Crippen LogP contribution is -2.54. The molecular formula is C32H59N3O4. The maximum absolute atomic E-state index is 12.6. The van der Waals surface area contributed by atoms with Crippen molar-refractivity contribution in [3.8, 4) is 0 Å². The van der Waals surface area contributed by atoms with Crippen molar-refractivity contribution in [1.29, 1.82) is 0 Å². The summed E-state index contributed by atoms with van der Waals surface area (Å²) < 4.78 is 0. The van der Waals surface area contributed by atoms with Gasteiger partial charge < -0.3 is 20.2 Å². The molecule has 1 heterocycles. The minimum atomic E-state index is -1.01. The van der Waals surface area contributed by atoms with Crippen molar-refractivity contribution in [3.05, 3.63) is 47.9 Å². The third kappa shape index (κ3) is 19.8. The van der Waals surface area contributed by atoms with Crippen LogP contribution in [0, 0.1) is 11.3 Å². The van der Waals surface area contributed by atoms with Crippen LogP contribution in [-0.2, 0) is 14.4 Å². The molecule has 1 unspecified atom stereocenters. The standard InChI is InChI=1S/C17H30N2O4.C9H15N.C3H8.C3H6/c1-11(2)10-13(20)18-14(17(4,5)6)15(21)19(7)9-8-12(3)16(22)23;1-4-9-8(2)6-5-7-10(9)3;2*1-3-2/h8,11,14H,9-10H2,1-7H3,(H,18,20)(H,22,23);5,7H,4,6H2,1-3H3;3H2,1-2H3;3H,1H2,2H3/b12-8+;;;. The summed E-state index contributed by atoms with van der Waals surface area (Å²) in [5.41, 5.74) is 2.72. The Balaban J connectivity index is -0.000000659. The molecule has 39 heavy (non-hydrogen) atoms. The van der Waals surface area contributed by atoms with Gasteiger partial charge in [0, 0.05) is 38.3 Å². The van der Waals surface area contributed by atoms with Gasteiger partial charge in [0.05, 0.1) is 0 Å². The van der Waals surface area contributed by atoms with E-state index in [2.05, 4.69) is 63.8 Å². The molecule has 0 radical (unpaired) electrons. The first-order valence-electron chi connectivity index (χ1n) is 14.0. The second-order valence-corrected chi connectivity index (χ2v) is 11.3. The molecule has 226 valence electrons. The molecule has 0 fully saturated rings. The predicted molar refractivity (Wildman–Crippen MR) is 166 cm³/mol. The Morgan fingerprint density at radius 3 is 2.03 bits per heavy atom. The maximum Gasteiger partial charge on any atom is 0.331 e. The first kappa shape index (κ1) is 40.7. The quantitative estimate of drug-likeness (QED) is 0.247. The summed E-state index contributed by atoms with van der Waals surface area (Å²) in [6.07, 6.45) is 11.5. The first-order chi connectivity index (χ1) is 17.9. The number of aliphatic carboxylic acids is 1. The second kappa shape index (κ2) is 22.0. The van der Waals surface area contributed by atoms with Gasteiger partial charge in [-0.1, -0.05) is 85.6 Å². The molecule has 1 atom stereocenters. The van der Waals surface area contributed by atoms with E-state index in [0.29, 0.717) is 6.42 Å². The number of nitrogens with zero attached hydrogens (tertiary/aromatic N) is 2. The smallest absolute Gasteiger partial charge is 0.331 e. The summed E-state index contributed by atoms with van der Waals surface area (Å²) in [6, 6.07) is -0.655. The van der Waals surface area contributed by atoms with Crippen LogP contribution >= 0.6 is 0 Å². The highest BCUT2D eigenvalue weighted by molar-refractivity contribution is 5.89. The van der Waals surface area contributed by atoms with Gasteiger partial charge in [0.15, 0.2) is 0 Å². The van der Waals surface area contributed by atoms with Gasteiger partial charge in [0.2, 0.25) is 11.8 Å². The van der Waals surface area contributed by atoms with Gasteiger partial charge in [0.1, 0.15) is 6.04 Å². The number of amides is 2.